The summed E-state index contributed by atoms with van der Waals surface area (Å²) in [5, 5.41) is 12.6. The first-order chi connectivity index (χ1) is 11.8. The van der Waals surface area contributed by atoms with E-state index in [2.05, 4.69) is 15.7 Å². The first kappa shape index (κ1) is 15.8. The SMILES string of the molecule is Cn1ncc2c(NCCC3CCCCN3)nc(C3CCCC3)nc21. The molecule has 4 rings (SSSR count). The van der Waals surface area contributed by atoms with Crippen LogP contribution in [0.5, 0.6) is 0 Å². The number of piperidine rings is 1. The van der Waals surface area contributed by atoms with Crippen molar-refractivity contribution in [1.29, 1.82) is 0 Å². The molecule has 0 radical (unpaired) electrons. The van der Waals surface area contributed by atoms with E-state index in [1.54, 1.807) is 0 Å². The lowest BCUT2D eigenvalue weighted by atomic mass is 10.0. The maximum atomic E-state index is 4.88. The van der Waals surface area contributed by atoms with Gasteiger partial charge < -0.3 is 10.6 Å². The first-order valence-electron chi connectivity index (χ1n) is 9.48. The molecule has 1 saturated heterocycles. The molecule has 3 heterocycles. The van der Waals surface area contributed by atoms with Crippen molar-refractivity contribution in [1.82, 2.24) is 25.1 Å². The number of aryl methyl sites for hydroxylation is 1. The summed E-state index contributed by atoms with van der Waals surface area (Å²) in [5.74, 6) is 2.48. The van der Waals surface area contributed by atoms with Gasteiger partial charge in [0.25, 0.3) is 0 Å². The highest BCUT2D eigenvalue weighted by atomic mass is 15.3. The van der Waals surface area contributed by atoms with Crippen LogP contribution in [0.3, 0.4) is 0 Å². The van der Waals surface area contributed by atoms with Gasteiger partial charge in [0.15, 0.2) is 5.65 Å². The number of nitrogens with zero attached hydrogens (tertiary/aromatic N) is 4. The van der Waals surface area contributed by atoms with Gasteiger partial charge in [-0.05, 0) is 38.6 Å². The lowest BCUT2D eigenvalue weighted by Gasteiger charge is -2.23. The number of nitrogens with one attached hydrogen (secondary N) is 2. The molecule has 2 N–H and O–H groups in total. The molecule has 2 aromatic heterocycles. The monoisotopic (exact) mass is 328 g/mol. The molecule has 1 atom stereocenters. The summed E-state index contributed by atoms with van der Waals surface area (Å²) in [5.41, 5.74) is 0.949. The van der Waals surface area contributed by atoms with Crippen molar-refractivity contribution in [3.05, 3.63) is 12.0 Å². The van der Waals surface area contributed by atoms with Crippen molar-refractivity contribution < 1.29 is 0 Å². The second-order valence-corrected chi connectivity index (χ2v) is 7.28. The van der Waals surface area contributed by atoms with Crippen LogP contribution < -0.4 is 10.6 Å². The fraction of sp³-hybridized carbons (Fsp3) is 0.722. The fourth-order valence-corrected chi connectivity index (χ4v) is 4.08. The molecule has 2 fully saturated rings. The molecular weight excluding hydrogens is 300 g/mol. The smallest absolute Gasteiger partial charge is 0.163 e. The first-order valence-corrected chi connectivity index (χ1v) is 9.48. The zero-order valence-corrected chi connectivity index (χ0v) is 14.6. The second kappa shape index (κ2) is 7.05. The quantitative estimate of drug-likeness (QED) is 0.883. The highest BCUT2D eigenvalue weighted by Crippen LogP contribution is 2.34. The molecule has 1 aliphatic carbocycles. The Kier molecular flexibility index (Phi) is 4.65. The molecule has 24 heavy (non-hydrogen) atoms. The minimum Gasteiger partial charge on any atom is -0.369 e. The van der Waals surface area contributed by atoms with Crippen LogP contribution in [-0.2, 0) is 7.05 Å². The molecule has 6 nitrogen and oxygen atoms in total. The Labute approximate surface area is 143 Å². The van der Waals surface area contributed by atoms with E-state index in [0.29, 0.717) is 12.0 Å². The molecule has 0 spiro atoms. The lowest BCUT2D eigenvalue weighted by molar-refractivity contribution is 0.389. The Morgan fingerprint density at radius 1 is 1.17 bits per heavy atom. The van der Waals surface area contributed by atoms with Gasteiger partial charge in [-0.3, -0.25) is 4.68 Å². The van der Waals surface area contributed by atoms with E-state index in [9.17, 15) is 0 Å². The normalized spacial score (nSPS) is 22.3. The van der Waals surface area contributed by atoms with Crippen molar-refractivity contribution in [2.75, 3.05) is 18.4 Å². The number of aromatic nitrogens is 4. The van der Waals surface area contributed by atoms with Gasteiger partial charge in [0, 0.05) is 25.6 Å². The van der Waals surface area contributed by atoms with Gasteiger partial charge in [-0.1, -0.05) is 19.3 Å². The number of fused-ring (bicyclic) bond motifs is 1. The van der Waals surface area contributed by atoms with Gasteiger partial charge in [0.1, 0.15) is 11.6 Å². The van der Waals surface area contributed by atoms with E-state index in [-0.39, 0.29) is 0 Å². The zero-order valence-electron chi connectivity index (χ0n) is 14.6. The zero-order chi connectivity index (χ0) is 16.4. The van der Waals surface area contributed by atoms with E-state index in [1.807, 2.05) is 17.9 Å². The summed E-state index contributed by atoms with van der Waals surface area (Å²) in [6.07, 6.45) is 12.0. The Hall–Kier alpha value is -1.69. The molecule has 0 aromatic carbocycles. The average Bonchev–Trinajstić information content (AvgIpc) is 3.26. The average molecular weight is 328 g/mol. The number of hydrogen-bond acceptors (Lipinski definition) is 5. The van der Waals surface area contributed by atoms with Crippen LogP contribution in [-0.4, -0.2) is 38.9 Å². The van der Waals surface area contributed by atoms with Gasteiger partial charge >= 0.3 is 0 Å². The number of hydrogen-bond donors (Lipinski definition) is 2. The topological polar surface area (TPSA) is 67.7 Å². The molecule has 1 saturated carbocycles. The summed E-state index contributed by atoms with van der Waals surface area (Å²) >= 11 is 0. The van der Waals surface area contributed by atoms with Crippen LogP contribution in [0.4, 0.5) is 5.82 Å². The standard InChI is InChI=1S/C18H28N6/c1-24-18-15(12-21-24)17(20-11-9-14-8-4-5-10-19-14)22-16(23-18)13-6-2-3-7-13/h12-14,19H,2-11H2,1H3,(H,20,22,23). The van der Waals surface area contributed by atoms with Gasteiger partial charge in [-0.2, -0.15) is 5.10 Å². The van der Waals surface area contributed by atoms with Crippen molar-refractivity contribution in [2.24, 2.45) is 7.05 Å². The number of rotatable bonds is 5. The molecule has 2 aliphatic rings. The Balaban J connectivity index is 1.51. The summed E-state index contributed by atoms with van der Waals surface area (Å²) in [6, 6.07) is 0.645. The summed E-state index contributed by atoms with van der Waals surface area (Å²) < 4.78 is 1.86. The molecule has 0 bridgehead atoms. The van der Waals surface area contributed by atoms with E-state index in [1.165, 1.54) is 44.9 Å². The molecule has 1 unspecified atom stereocenters. The van der Waals surface area contributed by atoms with Crippen LogP contribution in [0.25, 0.3) is 11.0 Å². The van der Waals surface area contributed by atoms with E-state index in [0.717, 1.165) is 42.2 Å². The molecule has 6 heteroatoms. The molecule has 2 aromatic rings. The summed E-state index contributed by atoms with van der Waals surface area (Å²) in [7, 11) is 1.96. The minimum atomic E-state index is 0.518. The van der Waals surface area contributed by atoms with Crippen LogP contribution in [0.1, 0.15) is 63.1 Å². The number of anilines is 1. The van der Waals surface area contributed by atoms with E-state index >= 15 is 0 Å². The third kappa shape index (κ3) is 3.24. The van der Waals surface area contributed by atoms with Crippen LogP contribution >= 0.6 is 0 Å². The van der Waals surface area contributed by atoms with Gasteiger partial charge in [-0.15, -0.1) is 0 Å². The predicted octanol–water partition coefficient (Wildman–Crippen LogP) is 2.97. The Morgan fingerprint density at radius 2 is 2.00 bits per heavy atom. The van der Waals surface area contributed by atoms with Gasteiger partial charge in [0.2, 0.25) is 0 Å². The van der Waals surface area contributed by atoms with Gasteiger partial charge in [0.05, 0.1) is 11.6 Å². The van der Waals surface area contributed by atoms with Crippen LogP contribution in [0.2, 0.25) is 0 Å². The minimum absolute atomic E-state index is 0.518. The predicted molar refractivity (Wildman–Crippen MR) is 96.3 cm³/mol. The maximum Gasteiger partial charge on any atom is 0.163 e. The molecule has 130 valence electrons. The summed E-state index contributed by atoms with van der Waals surface area (Å²) in [6.45, 7) is 2.11. The molecule has 0 amide bonds. The van der Waals surface area contributed by atoms with Crippen molar-refractivity contribution >= 4 is 16.9 Å². The van der Waals surface area contributed by atoms with Crippen LogP contribution in [0, 0.1) is 0 Å². The second-order valence-electron chi connectivity index (χ2n) is 7.28. The van der Waals surface area contributed by atoms with Crippen molar-refractivity contribution in [3.8, 4) is 0 Å². The lowest BCUT2D eigenvalue weighted by Crippen LogP contribution is -2.35. The largest absolute Gasteiger partial charge is 0.369 e. The molecular formula is C18H28N6. The highest BCUT2D eigenvalue weighted by Gasteiger charge is 2.22. The van der Waals surface area contributed by atoms with E-state index < -0.39 is 0 Å². The fourth-order valence-electron chi connectivity index (χ4n) is 4.08. The maximum absolute atomic E-state index is 4.88. The third-order valence-corrected chi connectivity index (χ3v) is 5.53. The molecule has 1 aliphatic heterocycles. The Bertz CT molecular complexity index is 682. The van der Waals surface area contributed by atoms with Crippen molar-refractivity contribution in [2.45, 2.75) is 63.3 Å². The van der Waals surface area contributed by atoms with Crippen LogP contribution in [0.15, 0.2) is 6.20 Å². The third-order valence-electron chi connectivity index (χ3n) is 5.53. The van der Waals surface area contributed by atoms with Crippen molar-refractivity contribution in [3.63, 3.8) is 0 Å². The van der Waals surface area contributed by atoms with E-state index in [4.69, 9.17) is 9.97 Å². The summed E-state index contributed by atoms with van der Waals surface area (Å²) in [4.78, 5) is 9.70. The highest BCUT2D eigenvalue weighted by molar-refractivity contribution is 5.86. The Morgan fingerprint density at radius 3 is 2.79 bits per heavy atom. The van der Waals surface area contributed by atoms with Gasteiger partial charge in [-0.25, -0.2) is 9.97 Å².